The minimum Gasteiger partial charge on any atom is -0.382 e. The summed E-state index contributed by atoms with van der Waals surface area (Å²) in [7, 11) is 3.20. The van der Waals surface area contributed by atoms with Gasteiger partial charge >= 0.3 is 0 Å². The molecule has 0 saturated heterocycles. The number of nitro benzene ring substituents is 1. The van der Waals surface area contributed by atoms with Crippen molar-refractivity contribution in [1.29, 1.82) is 0 Å². The summed E-state index contributed by atoms with van der Waals surface area (Å²) in [4.78, 5) is 10.3. The molecule has 100 valence electrons. The zero-order valence-electron chi connectivity index (χ0n) is 10.8. The van der Waals surface area contributed by atoms with Gasteiger partial charge in [0.2, 0.25) is 0 Å². The van der Waals surface area contributed by atoms with E-state index in [9.17, 15) is 10.1 Å². The third-order valence-electron chi connectivity index (χ3n) is 2.64. The van der Waals surface area contributed by atoms with E-state index in [0.717, 1.165) is 11.3 Å². The molecule has 1 aromatic rings. The zero-order valence-corrected chi connectivity index (χ0v) is 10.8. The number of benzene rings is 1. The van der Waals surface area contributed by atoms with E-state index in [2.05, 4.69) is 5.32 Å². The molecular weight excluding hydrogens is 236 g/mol. The van der Waals surface area contributed by atoms with Crippen molar-refractivity contribution in [3.63, 3.8) is 0 Å². The second-order valence-electron chi connectivity index (χ2n) is 3.95. The molecule has 0 amide bonds. The van der Waals surface area contributed by atoms with Gasteiger partial charge in [0.05, 0.1) is 17.6 Å². The fraction of sp³-hybridized carbons (Fsp3) is 0.500. The Hall–Kier alpha value is -1.66. The Morgan fingerprint density at radius 2 is 2.17 bits per heavy atom. The smallest absolute Gasteiger partial charge is 0.271 e. The average Bonchev–Trinajstić information content (AvgIpc) is 2.35. The number of nitrogens with one attached hydrogen (secondary N) is 1. The third-order valence-corrected chi connectivity index (χ3v) is 2.64. The van der Waals surface area contributed by atoms with Crippen molar-refractivity contribution in [3.8, 4) is 0 Å². The lowest BCUT2D eigenvalue weighted by Crippen LogP contribution is -2.26. The van der Waals surface area contributed by atoms with Crippen LogP contribution >= 0.6 is 0 Å². The lowest BCUT2D eigenvalue weighted by atomic mass is 10.1. The molecule has 6 nitrogen and oxygen atoms in total. The van der Waals surface area contributed by atoms with Gasteiger partial charge in [-0.15, -0.1) is 0 Å². The Balaban J connectivity index is 2.71. The molecule has 0 bridgehead atoms. The summed E-state index contributed by atoms with van der Waals surface area (Å²) in [5.74, 6) is 0. The lowest BCUT2D eigenvalue weighted by Gasteiger charge is -2.16. The summed E-state index contributed by atoms with van der Waals surface area (Å²) < 4.78 is 10.2. The van der Waals surface area contributed by atoms with Gasteiger partial charge in [-0.3, -0.25) is 10.1 Å². The number of ether oxygens (including phenoxy) is 2. The van der Waals surface area contributed by atoms with Gasteiger partial charge in [-0.05, 0) is 12.5 Å². The quantitative estimate of drug-likeness (QED) is 0.595. The van der Waals surface area contributed by atoms with Crippen molar-refractivity contribution in [2.24, 2.45) is 0 Å². The van der Waals surface area contributed by atoms with Crippen molar-refractivity contribution in [1.82, 2.24) is 0 Å². The minimum absolute atomic E-state index is 0.0730. The molecule has 1 atom stereocenters. The van der Waals surface area contributed by atoms with Crippen molar-refractivity contribution >= 4 is 11.4 Å². The monoisotopic (exact) mass is 254 g/mol. The standard InChI is InChI=1S/C12H18N2O4/c1-9-4-5-10(14(15)16)6-12(9)13-7-11(18-3)8-17-2/h4-6,11,13H,7-8H2,1-3H3. The first-order chi connectivity index (χ1) is 8.58. The number of hydrogen-bond acceptors (Lipinski definition) is 5. The number of methoxy groups -OCH3 is 2. The van der Waals surface area contributed by atoms with Crippen molar-refractivity contribution in [3.05, 3.63) is 33.9 Å². The maximum atomic E-state index is 10.7. The van der Waals surface area contributed by atoms with Crippen LogP contribution in [0, 0.1) is 17.0 Å². The van der Waals surface area contributed by atoms with Crippen LogP contribution in [0.15, 0.2) is 18.2 Å². The van der Waals surface area contributed by atoms with Crippen LogP contribution in [0.3, 0.4) is 0 Å². The highest BCUT2D eigenvalue weighted by Gasteiger charge is 2.11. The van der Waals surface area contributed by atoms with Crippen LogP contribution in [-0.4, -0.2) is 38.4 Å². The molecule has 0 aliphatic heterocycles. The molecule has 0 radical (unpaired) electrons. The molecule has 1 aromatic carbocycles. The lowest BCUT2D eigenvalue weighted by molar-refractivity contribution is -0.384. The number of anilines is 1. The largest absolute Gasteiger partial charge is 0.382 e. The van der Waals surface area contributed by atoms with Crippen molar-refractivity contribution < 1.29 is 14.4 Å². The Morgan fingerprint density at radius 3 is 2.72 bits per heavy atom. The van der Waals surface area contributed by atoms with E-state index >= 15 is 0 Å². The number of non-ortho nitro benzene ring substituents is 1. The second kappa shape index (κ2) is 6.93. The Kier molecular flexibility index (Phi) is 5.54. The summed E-state index contributed by atoms with van der Waals surface area (Å²) in [6, 6.07) is 4.73. The topological polar surface area (TPSA) is 73.6 Å². The van der Waals surface area contributed by atoms with Crippen LogP contribution in [0.5, 0.6) is 0 Å². The molecule has 1 rings (SSSR count). The van der Waals surface area contributed by atoms with Crippen LogP contribution in [0.25, 0.3) is 0 Å². The maximum Gasteiger partial charge on any atom is 0.271 e. The minimum atomic E-state index is -0.409. The molecule has 1 N–H and O–H groups in total. The highest BCUT2D eigenvalue weighted by atomic mass is 16.6. The number of nitro groups is 1. The number of nitrogens with zero attached hydrogens (tertiary/aromatic N) is 1. The third kappa shape index (κ3) is 3.97. The molecule has 0 aliphatic rings. The molecule has 0 aliphatic carbocycles. The van der Waals surface area contributed by atoms with E-state index in [4.69, 9.17) is 9.47 Å². The van der Waals surface area contributed by atoms with Crippen LogP contribution in [0.1, 0.15) is 5.56 Å². The second-order valence-corrected chi connectivity index (χ2v) is 3.95. The van der Waals surface area contributed by atoms with E-state index in [1.807, 2.05) is 6.92 Å². The number of hydrogen-bond donors (Lipinski definition) is 1. The van der Waals surface area contributed by atoms with E-state index in [-0.39, 0.29) is 11.8 Å². The van der Waals surface area contributed by atoms with E-state index < -0.39 is 4.92 Å². The summed E-state index contributed by atoms with van der Waals surface area (Å²) >= 11 is 0. The van der Waals surface area contributed by atoms with Gasteiger partial charge in [-0.1, -0.05) is 6.07 Å². The fourth-order valence-electron chi connectivity index (χ4n) is 1.53. The van der Waals surface area contributed by atoms with E-state index in [1.54, 1.807) is 20.3 Å². The Labute approximate surface area is 106 Å². The van der Waals surface area contributed by atoms with Gasteiger partial charge < -0.3 is 14.8 Å². The molecule has 18 heavy (non-hydrogen) atoms. The summed E-state index contributed by atoms with van der Waals surface area (Å²) in [5, 5.41) is 13.8. The molecule has 1 unspecified atom stereocenters. The first-order valence-electron chi connectivity index (χ1n) is 5.59. The molecule has 6 heteroatoms. The van der Waals surface area contributed by atoms with Crippen LogP contribution in [0.2, 0.25) is 0 Å². The highest BCUT2D eigenvalue weighted by molar-refractivity contribution is 5.56. The van der Waals surface area contributed by atoms with Gasteiger partial charge in [-0.2, -0.15) is 0 Å². The average molecular weight is 254 g/mol. The van der Waals surface area contributed by atoms with Crippen LogP contribution in [0.4, 0.5) is 11.4 Å². The predicted octanol–water partition coefficient (Wildman–Crippen LogP) is 1.98. The van der Waals surface area contributed by atoms with Crippen LogP contribution < -0.4 is 5.32 Å². The SMILES string of the molecule is COCC(CNc1cc([N+](=O)[O-])ccc1C)OC. The van der Waals surface area contributed by atoms with E-state index in [0.29, 0.717) is 13.2 Å². The van der Waals surface area contributed by atoms with Gasteiger partial charge in [-0.25, -0.2) is 0 Å². The summed E-state index contributed by atoms with van der Waals surface area (Å²) in [5.41, 5.74) is 1.76. The summed E-state index contributed by atoms with van der Waals surface area (Å²) in [6.45, 7) is 2.90. The zero-order chi connectivity index (χ0) is 13.5. The van der Waals surface area contributed by atoms with Gasteiger partial charge in [0, 0.05) is 38.6 Å². The molecule has 0 fully saturated rings. The van der Waals surface area contributed by atoms with Gasteiger partial charge in [0.25, 0.3) is 5.69 Å². The molecule has 0 spiro atoms. The first-order valence-corrected chi connectivity index (χ1v) is 5.59. The highest BCUT2D eigenvalue weighted by Crippen LogP contribution is 2.21. The Bertz CT molecular complexity index is 409. The predicted molar refractivity (Wildman–Crippen MR) is 69.0 cm³/mol. The molecular formula is C12H18N2O4. The van der Waals surface area contributed by atoms with E-state index in [1.165, 1.54) is 12.1 Å². The number of rotatable bonds is 7. The Morgan fingerprint density at radius 1 is 1.44 bits per heavy atom. The number of aryl methyl sites for hydroxylation is 1. The fourth-order valence-corrected chi connectivity index (χ4v) is 1.53. The molecule has 0 heterocycles. The van der Waals surface area contributed by atoms with Gasteiger partial charge in [0.1, 0.15) is 0 Å². The van der Waals surface area contributed by atoms with Crippen molar-refractivity contribution in [2.75, 3.05) is 32.7 Å². The van der Waals surface area contributed by atoms with Crippen LogP contribution in [-0.2, 0) is 9.47 Å². The summed E-state index contributed by atoms with van der Waals surface area (Å²) in [6.07, 6.45) is -0.0892. The maximum absolute atomic E-state index is 10.7. The normalized spacial score (nSPS) is 12.2. The van der Waals surface area contributed by atoms with Gasteiger partial charge in [0.15, 0.2) is 0 Å². The molecule has 0 saturated carbocycles. The van der Waals surface area contributed by atoms with Crippen molar-refractivity contribution in [2.45, 2.75) is 13.0 Å². The first kappa shape index (κ1) is 14.4. The molecule has 0 aromatic heterocycles.